The predicted octanol–water partition coefficient (Wildman–Crippen LogP) is 2.39. The molecule has 0 atom stereocenters. The van der Waals surface area contributed by atoms with Crippen LogP contribution in [0.3, 0.4) is 0 Å². The number of aryl methyl sites for hydroxylation is 2. The summed E-state index contributed by atoms with van der Waals surface area (Å²) < 4.78 is 39.2. The lowest BCUT2D eigenvalue weighted by atomic mass is 10.2. The number of anilines is 1. The molecule has 1 N–H and O–H groups in total. The van der Waals surface area contributed by atoms with E-state index in [4.69, 9.17) is 0 Å². The fraction of sp³-hybridized carbons (Fsp3) is 0.250. The number of imidazole rings is 1. The summed E-state index contributed by atoms with van der Waals surface area (Å²) in [5.41, 5.74) is -0.527. The number of nitrogens with one attached hydrogen (secondary N) is 1. The first-order valence-electron chi connectivity index (χ1n) is 5.60. The fourth-order valence-electron chi connectivity index (χ4n) is 1.71. The maximum Gasteiger partial charge on any atom is 0.433 e. The van der Waals surface area contributed by atoms with Crippen molar-refractivity contribution >= 4 is 11.6 Å². The summed E-state index contributed by atoms with van der Waals surface area (Å²) in [6.07, 6.45) is -0.719. The Bertz CT molecular complexity index is 648. The first kappa shape index (κ1) is 14.0. The van der Waals surface area contributed by atoms with Crippen molar-refractivity contribution in [3.63, 3.8) is 0 Å². The van der Waals surface area contributed by atoms with Gasteiger partial charge in [0.1, 0.15) is 11.4 Å². The zero-order chi connectivity index (χ0) is 14.9. The van der Waals surface area contributed by atoms with Gasteiger partial charge in [-0.25, -0.2) is 9.97 Å². The average Bonchev–Trinajstić information content (AvgIpc) is 2.73. The lowest BCUT2D eigenvalue weighted by molar-refractivity contribution is -0.141. The molecular formula is C12H11F3N4O. The summed E-state index contributed by atoms with van der Waals surface area (Å²) >= 11 is 0. The zero-order valence-electron chi connectivity index (χ0n) is 10.7. The van der Waals surface area contributed by atoms with E-state index >= 15 is 0 Å². The molecule has 2 heterocycles. The molecule has 106 valence electrons. The molecule has 0 spiro atoms. The van der Waals surface area contributed by atoms with Gasteiger partial charge in [0.25, 0.3) is 5.91 Å². The largest absolute Gasteiger partial charge is 0.433 e. The molecule has 0 saturated carbocycles. The van der Waals surface area contributed by atoms with Crippen LogP contribution in [0.2, 0.25) is 0 Å². The summed E-state index contributed by atoms with van der Waals surface area (Å²) in [5, 5.41) is 2.48. The molecular weight excluding hydrogens is 273 g/mol. The molecule has 0 unspecified atom stereocenters. The van der Waals surface area contributed by atoms with Crippen LogP contribution < -0.4 is 5.32 Å². The molecule has 0 aliphatic rings. The average molecular weight is 284 g/mol. The summed E-state index contributed by atoms with van der Waals surface area (Å²) in [7, 11) is 1.64. The Balaban J connectivity index is 2.22. The van der Waals surface area contributed by atoms with E-state index in [1.807, 2.05) is 0 Å². The number of amides is 1. The van der Waals surface area contributed by atoms with Gasteiger partial charge < -0.3 is 9.88 Å². The zero-order valence-corrected chi connectivity index (χ0v) is 10.7. The minimum Gasteiger partial charge on any atom is -0.330 e. The molecule has 0 fully saturated rings. The van der Waals surface area contributed by atoms with Gasteiger partial charge in [-0.15, -0.1) is 0 Å². The normalized spacial score (nSPS) is 11.4. The highest BCUT2D eigenvalue weighted by atomic mass is 19.4. The number of carbonyl (C=O) groups excluding carboxylic acids is 1. The first-order valence-corrected chi connectivity index (χ1v) is 5.60. The van der Waals surface area contributed by atoms with Crippen molar-refractivity contribution in [2.75, 3.05) is 5.32 Å². The molecule has 2 aromatic rings. The van der Waals surface area contributed by atoms with Crippen LogP contribution in [-0.4, -0.2) is 20.4 Å². The minimum absolute atomic E-state index is 0.0553. The van der Waals surface area contributed by atoms with Gasteiger partial charge in [-0.05, 0) is 18.6 Å². The summed E-state index contributed by atoms with van der Waals surface area (Å²) in [6.45, 7) is 1.29. The number of alkyl halides is 3. The second-order valence-corrected chi connectivity index (χ2v) is 4.23. The Morgan fingerprint density at radius 1 is 1.35 bits per heavy atom. The smallest absolute Gasteiger partial charge is 0.330 e. The van der Waals surface area contributed by atoms with Crippen LogP contribution in [0.1, 0.15) is 21.7 Å². The van der Waals surface area contributed by atoms with E-state index in [1.54, 1.807) is 7.05 Å². The van der Waals surface area contributed by atoms with Gasteiger partial charge in [0, 0.05) is 7.05 Å². The molecule has 20 heavy (non-hydrogen) atoms. The van der Waals surface area contributed by atoms with Crippen molar-refractivity contribution in [1.82, 2.24) is 14.5 Å². The van der Waals surface area contributed by atoms with Gasteiger partial charge in [0.2, 0.25) is 0 Å². The summed E-state index contributed by atoms with van der Waals surface area (Å²) in [5.74, 6) is -0.467. The first-order chi connectivity index (χ1) is 9.29. The number of hydrogen-bond acceptors (Lipinski definition) is 3. The van der Waals surface area contributed by atoms with Gasteiger partial charge in [-0.1, -0.05) is 0 Å². The quantitative estimate of drug-likeness (QED) is 0.921. The van der Waals surface area contributed by atoms with Gasteiger partial charge in [0.15, 0.2) is 0 Å². The molecule has 0 radical (unpaired) electrons. The number of carbonyl (C=O) groups is 1. The van der Waals surface area contributed by atoms with Gasteiger partial charge >= 0.3 is 6.18 Å². The second-order valence-electron chi connectivity index (χ2n) is 4.23. The Kier molecular flexibility index (Phi) is 3.47. The third-order valence-electron chi connectivity index (χ3n) is 2.65. The Morgan fingerprint density at radius 2 is 2.05 bits per heavy atom. The van der Waals surface area contributed by atoms with Crippen LogP contribution in [0.25, 0.3) is 0 Å². The number of aromatic nitrogens is 3. The second kappa shape index (κ2) is 4.95. The van der Waals surface area contributed by atoms with Crippen LogP contribution in [0.15, 0.2) is 24.8 Å². The van der Waals surface area contributed by atoms with Gasteiger partial charge in [0.05, 0.1) is 24.4 Å². The monoisotopic (exact) mass is 284 g/mol. The van der Waals surface area contributed by atoms with E-state index in [2.05, 4.69) is 15.3 Å². The standard InChI is InChI=1S/C12H11F3N4O/c1-7-3-8(4-17-10(7)12(13,14)15)18-11(20)9-5-16-6-19(9)2/h3-6H,1-2H3,(H,18,20). The number of nitrogens with zero attached hydrogens (tertiary/aromatic N) is 3. The molecule has 0 aliphatic carbocycles. The van der Waals surface area contributed by atoms with E-state index in [0.717, 1.165) is 6.20 Å². The summed E-state index contributed by atoms with van der Waals surface area (Å²) in [4.78, 5) is 19.0. The van der Waals surface area contributed by atoms with Gasteiger partial charge in [-0.3, -0.25) is 4.79 Å². The van der Waals surface area contributed by atoms with E-state index in [9.17, 15) is 18.0 Å². The molecule has 2 aromatic heterocycles. The van der Waals surface area contributed by atoms with Crippen molar-refractivity contribution in [1.29, 1.82) is 0 Å². The molecule has 8 heteroatoms. The molecule has 0 aromatic carbocycles. The van der Waals surface area contributed by atoms with Crippen molar-refractivity contribution in [2.24, 2.45) is 7.05 Å². The van der Waals surface area contributed by atoms with E-state index in [0.29, 0.717) is 5.69 Å². The Hall–Kier alpha value is -2.38. The van der Waals surface area contributed by atoms with Crippen LogP contribution in [-0.2, 0) is 13.2 Å². The predicted molar refractivity (Wildman–Crippen MR) is 65.1 cm³/mol. The molecule has 2 rings (SSSR count). The minimum atomic E-state index is -4.51. The molecule has 0 aliphatic heterocycles. The van der Waals surface area contributed by atoms with Crippen LogP contribution in [0, 0.1) is 6.92 Å². The van der Waals surface area contributed by atoms with Crippen LogP contribution in [0.5, 0.6) is 0 Å². The number of pyridine rings is 1. The highest BCUT2D eigenvalue weighted by Crippen LogP contribution is 2.30. The molecule has 5 nitrogen and oxygen atoms in total. The van der Waals surface area contributed by atoms with Crippen molar-refractivity contribution in [2.45, 2.75) is 13.1 Å². The number of hydrogen-bond donors (Lipinski definition) is 1. The number of halogens is 3. The fourth-order valence-corrected chi connectivity index (χ4v) is 1.71. The third kappa shape index (κ3) is 2.79. The van der Waals surface area contributed by atoms with Crippen LogP contribution in [0.4, 0.5) is 18.9 Å². The topological polar surface area (TPSA) is 59.8 Å². The van der Waals surface area contributed by atoms with Crippen LogP contribution >= 0.6 is 0 Å². The lowest BCUT2D eigenvalue weighted by Crippen LogP contribution is -2.17. The van der Waals surface area contributed by atoms with Crippen molar-refractivity contribution in [3.05, 3.63) is 41.7 Å². The van der Waals surface area contributed by atoms with E-state index in [1.165, 1.54) is 30.1 Å². The highest BCUT2D eigenvalue weighted by molar-refractivity contribution is 6.02. The van der Waals surface area contributed by atoms with Crippen molar-refractivity contribution < 1.29 is 18.0 Å². The van der Waals surface area contributed by atoms with Crippen molar-refractivity contribution in [3.8, 4) is 0 Å². The molecule has 0 bridgehead atoms. The maximum atomic E-state index is 12.6. The molecule has 1 amide bonds. The highest BCUT2D eigenvalue weighted by Gasteiger charge is 2.34. The van der Waals surface area contributed by atoms with Gasteiger partial charge in [-0.2, -0.15) is 13.2 Å². The lowest BCUT2D eigenvalue weighted by Gasteiger charge is -2.11. The number of rotatable bonds is 2. The molecule has 0 saturated heterocycles. The maximum absolute atomic E-state index is 12.6. The SMILES string of the molecule is Cc1cc(NC(=O)c2cncn2C)cnc1C(F)(F)F. The Labute approximate surface area is 112 Å². The van der Waals surface area contributed by atoms with E-state index in [-0.39, 0.29) is 11.3 Å². The Morgan fingerprint density at radius 3 is 2.55 bits per heavy atom. The third-order valence-corrected chi connectivity index (χ3v) is 2.65. The summed E-state index contributed by atoms with van der Waals surface area (Å²) in [6, 6.07) is 1.23. The van der Waals surface area contributed by atoms with E-state index < -0.39 is 17.8 Å².